The molecule has 6 nitrogen and oxygen atoms in total. The highest BCUT2D eigenvalue weighted by molar-refractivity contribution is 6.34. The highest BCUT2D eigenvalue weighted by Crippen LogP contribution is 2.36. The van der Waals surface area contributed by atoms with E-state index in [9.17, 15) is 4.79 Å². The summed E-state index contributed by atoms with van der Waals surface area (Å²) in [6.45, 7) is 3.99. The molecule has 1 amide bonds. The van der Waals surface area contributed by atoms with Crippen molar-refractivity contribution in [3.05, 3.63) is 46.5 Å². The fraction of sp³-hybridized carbons (Fsp3) is 0.350. The van der Waals surface area contributed by atoms with Gasteiger partial charge in [0.2, 0.25) is 0 Å². The Labute approximate surface area is 162 Å². The van der Waals surface area contributed by atoms with Gasteiger partial charge in [0.15, 0.2) is 23.0 Å². The van der Waals surface area contributed by atoms with E-state index in [1.807, 2.05) is 25.1 Å². The fourth-order valence-electron chi connectivity index (χ4n) is 3.17. The summed E-state index contributed by atoms with van der Waals surface area (Å²) in [5, 5.41) is 3.37. The smallest absolute Gasteiger partial charge is 0.253 e. The second-order valence-corrected chi connectivity index (χ2v) is 6.72. The summed E-state index contributed by atoms with van der Waals surface area (Å²) in [6.07, 6.45) is 0.716. The Morgan fingerprint density at radius 3 is 2.22 bits per heavy atom. The number of halogens is 1. The maximum atomic E-state index is 12.8. The van der Waals surface area contributed by atoms with E-state index < -0.39 is 0 Å². The third-order valence-corrected chi connectivity index (χ3v) is 4.87. The summed E-state index contributed by atoms with van der Waals surface area (Å²) in [5.41, 5.74) is 1.31. The number of rotatable bonds is 4. The number of nitrogens with one attached hydrogen (secondary N) is 1. The Morgan fingerprint density at radius 2 is 1.56 bits per heavy atom. The van der Waals surface area contributed by atoms with Crippen LogP contribution < -0.4 is 24.3 Å². The van der Waals surface area contributed by atoms with Crippen LogP contribution in [0.2, 0.25) is 5.02 Å². The van der Waals surface area contributed by atoms with Crippen LogP contribution >= 0.6 is 11.6 Å². The van der Waals surface area contributed by atoms with Crippen molar-refractivity contribution in [3.63, 3.8) is 0 Å². The molecule has 1 N–H and O–H groups in total. The van der Waals surface area contributed by atoms with Gasteiger partial charge in [-0.15, -0.1) is 0 Å². The third kappa shape index (κ3) is 3.62. The fourth-order valence-corrected chi connectivity index (χ4v) is 3.41. The molecular formula is C20H20ClNO5. The molecule has 0 aliphatic carbocycles. The Kier molecular flexibility index (Phi) is 4.99. The van der Waals surface area contributed by atoms with Crippen molar-refractivity contribution in [2.24, 2.45) is 0 Å². The van der Waals surface area contributed by atoms with Gasteiger partial charge in [0, 0.05) is 6.07 Å². The Bertz CT molecular complexity index is 870. The second-order valence-electron chi connectivity index (χ2n) is 6.31. The molecule has 142 valence electrons. The van der Waals surface area contributed by atoms with Gasteiger partial charge in [-0.05, 0) is 30.2 Å². The molecule has 7 heteroatoms. The monoisotopic (exact) mass is 389 g/mol. The van der Waals surface area contributed by atoms with Gasteiger partial charge in [0.1, 0.15) is 26.4 Å². The van der Waals surface area contributed by atoms with E-state index in [2.05, 4.69) is 5.32 Å². The zero-order valence-electron chi connectivity index (χ0n) is 14.9. The van der Waals surface area contributed by atoms with E-state index in [1.54, 1.807) is 12.1 Å². The molecule has 0 saturated carbocycles. The average Bonchev–Trinajstić information content (AvgIpc) is 2.71. The van der Waals surface area contributed by atoms with Crippen molar-refractivity contribution in [1.82, 2.24) is 5.32 Å². The van der Waals surface area contributed by atoms with Crippen LogP contribution in [0.15, 0.2) is 30.3 Å². The molecule has 0 bridgehead atoms. The van der Waals surface area contributed by atoms with Gasteiger partial charge in [-0.25, -0.2) is 0 Å². The number of hydrogen-bond acceptors (Lipinski definition) is 5. The van der Waals surface area contributed by atoms with Crippen LogP contribution in [0.1, 0.15) is 35.3 Å². The number of ether oxygens (including phenoxy) is 4. The lowest BCUT2D eigenvalue weighted by molar-refractivity contribution is 0.0934. The first kappa shape index (κ1) is 17.8. The maximum Gasteiger partial charge on any atom is 0.253 e. The van der Waals surface area contributed by atoms with Crippen LogP contribution in [0.5, 0.6) is 23.0 Å². The summed E-state index contributed by atoms with van der Waals surface area (Å²) < 4.78 is 22.2. The number of carbonyl (C=O) groups excluding carboxylic acids is 1. The molecule has 2 aromatic carbocycles. The Morgan fingerprint density at radius 1 is 0.963 bits per heavy atom. The first-order chi connectivity index (χ1) is 13.2. The summed E-state index contributed by atoms with van der Waals surface area (Å²) in [5.74, 6) is 2.24. The molecule has 0 aromatic heterocycles. The second kappa shape index (κ2) is 7.56. The van der Waals surface area contributed by atoms with Crippen molar-refractivity contribution in [2.75, 3.05) is 26.4 Å². The first-order valence-electron chi connectivity index (χ1n) is 8.95. The maximum absolute atomic E-state index is 12.8. The molecular weight excluding hydrogens is 370 g/mol. The van der Waals surface area contributed by atoms with Crippen LogP contribution in [0.3, 0.4) is 0 Å². The van der Waals surface area contributed by atoms with E-state index in [0.29, 0.717) is 60.7 Å². The minimum atomic E-state index is -0.265. The van der Waals surface area contributed by atoms with E-state index in [1.165, 1.54) is 0 Å². The lowest BCUT2D eigenvalue weighted by Gasteiger charge is -2.23. The van der Waals surface area contributed by atoms with Gasteiger partial charge < -0.3 is 24.3 Å². The molecule has 0 spiro atoms. The molecule has 0 fully saturated rings. The van der Waals surface area contributed by atoms with Gasteiger partial charge in [0.05, 0.1) is 16.6 Å². The minimum absolute atomic E-state index is 0.183. The highest BCUT2D eigenvalue weighted by atomic mass is 35.5. The SMILES string of the molecule is CCC(NC(=O)c1cc2c(cc1Cl)OCCO2)c1ccc2c(c1)OCCO2. The zero-order chi connectivity index (χ0) is 18.8. The van der Waals surface area contributed by atoms with Gasteiger partial charge in [-0.1, -0.05) is 24.6 Å². The molecule has 0 saturated heterocycles. The van der Waals surface area contributed by atoms with Crippen LogP contribution in [-0.4, -0.2) is 32.3 Å². The third-order valence-electron chi connectivity index (χ3n) is 4.56. The summed E-state index contributed by atoms with van der Waals surface area (Å²) in [4.78, 5) is 12.8. The van der Waals surface area contributed by atoms with E-state index >= 15 is 0 Å². The van der Waals surface area contributed by atoms with E-state index in [4.69, 9.17) is 30.5 Å². The quantitative estimate of drug-likeness (QED) is 0.862. The predicted molar refractivity (Wildman–Crippen MR) is 100 cm³/mol. The summed E-state index contributed by atoms with van der Waals surface area (Å²) in [7, 11) is 0. The molecule has 27 heavy (non-hydrogen) atoms. The van der Waals surface area contributed by atoms with Crippen molar-refractivity contribution < 1.29 is 23.7 Å². The number of amides is 1. The molecule has 4 rings (SSSR count). The van der Waals surface area contributed by atoms with Crippen molar-refractivity contribution in [3.8, 4) is 23.0 Å². The van der Waals surface area contributed by atoms with Gasteiger partial charge in [-0.2, -0.15) is 0 Å². The minimum Gasteiger partial charge on any atom is -0.486 e. The predicted octanol–water partition coefficient (Wildman–Crippen LogP) is 3.76. The number of fused-ring (bicyclic) bond motifs is 2. The largest absolute Gasteiger partial charge is 0.486 e. The van der Waals surface area contributed by atoms with Crippen molar-refractivity contribution in [2.45, 2.75) is 19.4 Å². The highest BCUT2D eigenvalue weighted by Gasteiger charge is 2.22. The first-order valence-corrected chi connectivity index (χ1v) is 9.33. The van der Waals surface area contributed by atoms with E-state index in [-0.39, 0.29) is 11.9 Å². The van der Waals surface area contributed by atoms with Gasteiger partial charge in [-0.3, -0.25) is 4.79 Å². The van der Waals surface area contributed by atoms with Gasteiger partial charge >= 0.3 is 0 Å². The topological polar surface area (TPSA) is 66.0 Å². The zero-order valence-corrected chi connectivity index (χ0v) is 15.7. The Balaban J connectivity index is 1.56. The van der Waals surface area contributed by atoms with Crippen LogP contribution in [0.4, 0.5) is 0 Å². The van der Waals surface area contributed by atoms with E-state index in [0.717, 1.165) is 11.3 Å². The molecule has 1 unspecified atom stereocenters. The van der Waals surface area contributed by atoms with Crippen LogP contribution in [-0.2, 0) is 0 Å². The molecule has 2 aliphatic heterocycles. The molecule has 2 aromatic rings. The number of hydrogen-bond donors (Lipinski definition) is 1. The lowest BCUT2D eigenvalue weighted by atomic mass is 10.0. The summed E-state index contributed by atoms with van der Waals surface area (Å²) in [6, 6.07) is 8.79. The Hall–Kier alpha value is -2.60. The van der Waals surface area contributed by atoms with Crippen LogP contribution in [0.25, 0.3) is 0 Å². The molecule has 2 heterocycles. The molecule has 1 atom stereocenters. The number of carbonyl (C=O) groups is 1. The number of benzene rings is 2. The molecule has 2 aliphatic rings. The lowest BCUT2D eigenvalue weighted by Crippen LogP contribution is -2.29. The normalized spacial score (nSPS) is 15.8. The van der Waals surface area contributed by atoms with Gasteiger partial charge in [0.25, 0.3) is 5.91 Å². The van der Waals surface area contributed by atoms with Crippen molar-refractivity contribution >= 4 is 17.5 Å². The molecule has 0 radical (unpaired) electrons. The summed E-state index contributed by atoms with van der Waals surface area (Å²) >= 11 is 6.29. The standard InChI is InChI=1S/C20H20ClNO5/c1-2-15(12-3-4-16-17(9-12)25-6-5-24-16)22-20(23)13-10-18-19(11-14(13)21)27-8-7-26-18/h3-4,9-11,15H,2,5-8H2,1H3,(H,22,23). The average molecular weight is 390 g/mol. The van der Waals surface area contributed by atoms with Crippen molar-refractivity contribution in [1.29, 1.82) is 0 Å². The van der Waals surface area contributed by atoms with Crippen LogP contribution in [0, 0.1) is 0 Å².